The van der Waals surface area contributed by atoms with Gasteiger partial charge in [0.25, 0.3) is 5.69 Å². The van der Waals surface area contributed by atoms with Crippen molar-refractivity contribution in [1.82, 2.24) is 0 Å². The number of non-ortho nitro benzene ring substituents is 1. The van der Waals surface area contributed by atoms with Gasteiger partial charge in [0.2, 0.25) is 0 Å². The molecule has 2 atom stereocenters. The summed E-state index contributed by atoms with van der Waals surface area (Å²) in [7, 11) is 0. The normalized spacial score (nSPS) is 17.6. The Bertz CT molecular complexity index is 1000. The van der Waals surface area contributed by atoms with Gasteiger partial charge in [-0.05, 0) is 33.3 Å². The van der Waals surface area contributed by atoms with Crippen LogP contribution in [0.5, 0.6) is 0 Å². The summed E-state index contributed by atoms with van der Waals surface area (Å²) < 4.78 is 15.5. The molecule has 1 heterocycles. The third kappa shape index (κ3) is 6.66. The molecule has 10 nitrogen and oxygen atoms in total. The molecule has 1 aliphatic heterocycles. The van der Waals surface area contributed by atoms with Crippen LogP contribution in [0.25, 0.3) is 0 Å². The molecule has 0 spiro atoms. The van der Waals surface area contributed by atoms with Gasteiger partial charge in [0, 0.05) is 29.5 Å². The number of ether oxygens (including phenoxy) is 3. The van der Waals surface area contributed by atoms with Gasteiger partial charge in [-0.1, -0.05) is 12.1 Å². The predicted molar refractivity (Wildman–Crippen MR) is 127 cm³/mol. The summed E-state index contributed by atoms with van der Waals surface area (Å²) in [4.78, 5) is 53.2. The van der Waals surface area contributed by atoms with Crippen molar-refractivity contribution in [3.8, 4) is 0 Å². The van der Waals surface area contributed by atoms with Gasteiger partial charge >= 0.3 is 17.9 Å². The number of hydrogen-bond acceptors (Lipinski definition) is 10. The first-order valence-corrected chi connectivity index (χ1v) is 12.0. The zero-order valence-electron chi connectivity index (χ0n) is 19.6. The van der Waals surface area contributed by atoms with Crippen LogP contribution in [0, 0.1) is 16.0 Å². The van der Waals surface area contributed by atoms with Crippen molar-refractivity contribution in [2.45, 2.75) is 33.6 Å². The first-order valence-electron chi connectivity index (χ1n) is 10.8. The first-order chi connectivity index (χ1) is 16.2. The molecule has 0 fully saturated rings. The molecule has 0 aliphatic carbocycles. The number of benzene rings is 1. The van der Waals surface area contributed by atoms with E-state index in [0.717, 1.165) is 0 Å². The minimum atomic E-state index is -0.972. The second kappa shape index (κ2) is 12.9. The van der Waals surface area contributed by atoms with Crippen molar-refractivity contribution in [1.29, 1.82) is 0 Å². The maximum atomic E-state index is 13.1. The van der Waals surface area contributed by atoms with Gasteiger partial charge in [-0.3, -0.25) is 24.7 Å². The average Bonchev–Trinajstić information content (AvgIpc) is 2.79. The summed E-state index contributed by atoms with van der Waals surface area (Å²) >= 11 is 1.20. The standard InChI is InChI=1S/C23H28N2O8S/c1-5-31-18(26)13-34-12-17-21(23(28)33-7-3)20(15-9-8-10-16(11-15)25(29)30)19(14(4)24-17)22(27)32-6-2/h8-11,19-20H,5-7,12-13H2,1-4H3. The Hall–Kier alpha value is -3.21. The highest BCUT2D eigenvalue weighted by Crippen LogP contribution is 2.41. The van der Waals surface area contributed by atoms with Gasteiger partial charge < -0.3 is 14.2 Å². The molecule has 1 aromatic carbocycles. The van der Waals surface area contributed by atoms with Crippen LogP contribution in [-0.4, -0.2) is 59.9 Å². The van der Waals surface area contributed by atoms with E-state index in [1.807, 2.05) is 0 Å². The number of carbonyl (C=O) groups is 3. The fraction of sp³-hybridized carbons (Fsp3) is 0.478. The highest BCUT2D eigenvalue weighted by Gasteiger charge is 2.43. The SMILES string of the molecule is CCOC(=O)CSCC1=C(C(=O)OCC)C(c2cccc([N+](=O)[O-])c2)C(C(=O)OCC)C(C)=N1. The number of carbonyl (C=O) groups excluding carboxylic acids is 3. The molecule has 0 saturated carbocycles. The van der Waals surface area contributed by atoms with Gasteiger partial charge in [0.15, 0.2) is 0 Å². The predicted octanol–water partition coefficient (Wildman–Crippen LogP) is 3.45. The van der Waals surface area contributed by atoms with Crippen LogP contribution >= 0.6 is 11.8 Å². The fourth-order valence-electron chi connectivity index (χ4n) is 3.66. The molecular weight excluding hydrogens is 464 g/mol. The summed E-state index contributed by atoms with van der Waals surface area (Å²) in [6.07, 6.45) is 0. The van der Waals surface area contributed by atoms with Crippen LogP contribution in [0.4, 0.5) is 5.69 Å². The number of nitro benzene ring substituents is 1. The maximum absolute atomic E-state index is 13.1. The van der Waals surface area contributed by atoms with E-state index in [9.17, 15) is 24.5 Å². The molecule has 1 aromatic rings. The number of thioether (sulfide) groups is 1. The van der Waals surface area contributed by atoms with E-state index < -0.39 is 34.7 Å². The minimum absolute atomic E-state index is 0.0464. The summed E-state index contributed by atoms with van der Waals surface area (Å²) in [5, 5.41) is 11.4. The van der Waals surface area contributed by atoms with Crippen LogP contribution in [-0.2, 0) is 28.6 Å². The Morgan fingerprint density at radius 3 is 2.38 bits per heavy atom. The van der Waals surface area contributed by atoms with E-state index in [1.54, 1.807) is 33.8 Å². The smallest absolute Gasteiger partial charge is 0.336 e. The molecule has 1 aliphatic rings. The summed E-state index contributed by atoms with van der Waals surface area (Å²) in [5.41, 5.74) is 1.05. The molecule has 0 aromatic heterocycles. The quantitative estimate of drug-likeness (QED) is 0.197. The zero-order chi connectivity index (χ0) is 25.3. The Balaban J connectivity index is 2.62. The molecule has 2 unspecified atom stereocenters. The second-order valence-corrected chi connectivity index (χ2v) is 8.18. The number of aliphatic imine (C=N–C) groups is 1. The summed E-state index contributed by atoms with van der Waals surface area (Å²) in [5.74, 6) is -3.34. The molecule has 0 radical (unpaired) electrons. The van der Waals surface area contributed by atoms with Crippen LogP contribution in [0.3, 0.4) is 0 Å². The molecular formula is C23H28N2O8S. The van der Waals surface area contributed by atoms with Crippen molar-refractivity contribution in [2.75, 3.05) is 31.3 Å². The van der Waals surface area contributed by atoms with E-state index in [4.69, 9.17) is 14.2 Å². The van der Waals surface area contributed by atoms with Crippen LogP contribution in [0.1, 0.15) is 39.2 Å². The maximum Gasteiger partial charge on any atom is 0.336 e. The lowest BCUT2D eigenvalue weighted by atomic mass is 9.75. The minimum Gasteiger partial charge on any atom is -0.465 e. The van der Waals surface area contributed by atoms with Crippen molar-refractivity contribution in [2.24, 2.45) is 10.9 Å². The Morgan fingerprint density at radius 1 is 1.09 bits per heavy atom. The highest BCUT2D eigenvalue weighted by molar-refractivity contribution is 8.00. The van der Waals surface area contributed by atoms with Gasteiger partial charge in [-0.2, -0.15) is 0 Å². The third-order valence-corrected chi connectivity index (χ3v) is 5.87. The van der Waals surface area contributed by atoms with E-state index >= 15 is 0 Å². The molecule has 0 amide bonds. The monoisotopic (exact) mass is 492 g/mol. The van der Waals surface area contributed by atoms with E-state index in [0.29, 0.717) is 17.0 Å². The topological polar surface area (TPSA) is 134 Å². The second-order valence-electron chi connectivity index (χ2n) is 7.19. The van der Waals surface area contributed by atoms with Crippen molar-refractivity contribution < 1.29 is 33.5 Å². The molecule has 184 valence electrons. The molecule has 2 rings (SSSR count). The molecule has 34 heavy (non-hydrogen) atoms. The first kappa shape index (κ1) is 27.0. The van der Waals surface area contributed by atoms with Crippen LogP contribution in [0.2, 0.25) is 0 Å². The number of nitro groups is 1. The Morgan fingerprint density at radius 2 is 1.76 bits per heavy atom. The Kier molecular flexibility index (Phi) is 10.2. The van der Waals surface area contributed by atoms with Crippen molar-refractivity contribution >= 4 is 41.1 Å². The van der Waals surface area contributed by atoms with E-state index in [2.05, 4.69) is 4.99 Å². The van der Waals surface area contributed by atoms with Crippen molar-refractivity contribution in [3.63, 3.8) is 0 Å². The average molecular weight is 493 g/mol. The highest BCUT2D eigenvalue weighted by atomic mass is 32.2. The van der Waals surface area contributed by atoms with E-state index in [-0.39, 0.29) is 42.6 Å². The zero-order valence-corrected chi connectivity index (χ0v) is 20.4. The number of hydrogen-bond donors (Lipinski definition) is 0. The fourth-order valence-corrected chi connectivity index (χ4v) is 4.42. The lowest BCUT2D eigenvalue weighted by Crippen LogP contribution is -2.37. The lowest BCUT2D eigenvalue weighted by molar-refractivity contribution is -0.384. The lowest BCUT2D eigenvalue weighted by Gasteiger charge is -2.32. The van der Waals surface area contributed by atoms with Crippen LogP contribution < -0.4 is 0 Å². The molecule has 0 bridgehead atoms. The third-order valence-electron chi connectivity index (χ3n) is 4.96. The summed E-state index contributed by atoms with van der Waals surface area (Å²) in [6, 6.07) is 5.77. The summed E-state index contributed by atoms with van der Waals surface area (Å²) in [6.45, 7) is 7.11. The molecule has 0 saturated heterocycles. The van der Waals surface area contributed by atoms with Crippen LogP contribution in [0.15, 0.2) is 40.5 Å². The van der Waals surface area contributed by atoms with Gasteiger partial charge in [-0.15, -0.1) is 11.8 Å². The van der Waals surface area contributed by atoms with E-state index in [1.165, 1.54) is 30.0 Å². The van der Waals surface area contributed by atoms with Gasteiger partial charge in [-0.25, -0.2) is 4.79 Å². The van der Waals surface area contributed by atoms with Gasteiger partial charge in [0.05, 0.1) is 41.8 Å². The Labute approximate surface area is 201 Å². The van der Waals surface area contributed by atoms with Crippen molar-refractivity contribution in [3.05, 3.63) is 51.2 Å². The number of rotatable bonds is 11. The largest absolute Gasteiger partial charge is 0.465 e. The van der Waals surface area contributed by atoms with Gasteiger partial charge in [0.1, 0.15) is 5.92 Å². The molecule has 0 N–H and O–H groups in total. The molecule has 11 heteroatoms. The number of nitrogens with zero attached hydrogens (tertiary/aromatic N) is 2. The number of esters is 3.